The zero-order valence-corrected chi connectivity index (χ0v) is 9.77. The van der Waals surface area contributed by atoms with Gasteiger partial charge in [-0.05, 0) is 44.2 Å². The molecule has 0 aliphatic heterocycles. The first-order valence-electron chi connectivity index (χ1n) is 5.32. The Morgan fingerprint density at radius 3 is 2.19 bits per heavy atom. The van der Waals surface area contributed by atoms with Gasteiger partial charge < -0.3 is 14.6 Å². The lowest BCUT2D eigenvalue weighted by atomic mass is 10.3. The summed E-state index contributed by atoms with van der Waals surface area (Å²) in [5.41, 5.74) is 1.24. The van der Waals surface area contributed by atoms with Crippen LogP contribution in [0, 0.1) is 0 Å². The highest BCUT2D eigenvalue weighted by molar-refractivity contribution is 5.31. The Balaban J connectivity index is 2.42. The summed E-state index contributed by atoms with van der Waals surface area (Å²) >= 11 is 0. The molecule has 0 saturated carbocycles. The van der Waals surface area contributed by atoms with Gasteiger partial charge in [0.1, 0.15) is 24.7 Å². The van der Waals surface area contributed by atoms with Crippen molar-refractivity contribution < 1.29 is 14.6 Å². The van der Waals surface area contributed by atoms with Crippen LogP contribution in [0.3, 0.4) is 0 Å². The summed E-state index contributed by atoms with van der Waals surface area (Å²) in [4.78, 5) is 0. The van der Waals surface area contributed by atoms with Gasteiger partial charge in [0.15, 0.2) is 0 Å². The first-order valence-corrected chi connectivity index (χ1v) is 5.32. The second-order valence-corrected chi connectivity index (χ2v) is 3.64. The monoisotopic (exact) mass is 222 g/mol. The number of aliphatic hydroxyl groups excluding tert-OH is 1. The Bertz CT molecular complexity index is 324. The van der Waals surface area contributed by atoms with E-state index in [1.807, 2.05) is 44.2 Å². The molecule has 0 aliphatic carbocycles. The normalized spacial score (nSPS) is 9.69. The van der Waals surface area contributed by atoms with Crippen molar-refractivity contribution in [3.63, 3.8) is 0 Å². The van der Waals surface area contributed by atoms with Gasteiger partial charge in [0.25, 0.3) is 0 Å². The molecule has 3 nitrogen and oxygen atoms in total. The summed E-state index contributed by atoms with van der Waals surface area (Å²) in [5, 5.41) is 8.59. The zero-order chi connectivity index (χ0) is 11.8. The van der Waals surface area contributed by atoms with Crippen molar-refractivity contribution >= 4 is 0 Å². The van der Waals surface area contributed by atoms with Crippen LogP contribution in [0.25, 0.3) is 0 Å². The van der Waals surface area contributed by atoms with Crippen LogP contribution in [-0.4, -0.2) is 24.9 Å². The van der Waals surface area contributed by atoms with Crippen LogP contribution in [0.15, 0.2) is 35.9 Å². The molecule has 0 radical (unpaired) electrons. The first-order chi connectivity index (χ1) is 7.72. The summed E-state index contributed by atoms with van der Waals surface area (Å²) in [6.07, 6.45) is 2.02. The SMILES string of the molecule is CC(C)=CCOc1ccc(OCCO)cc1. The van der Waals surface area contributed by atoms with Gasteiger partial charge in [0, 0.05) is 0 Å². The molecule has 0 heterocycles. The van der Waals surface area contributed by atoms with Crippen LogP contribution in [0.2, 0.25) is 0 Å². The van der Waals surface area contributed by atoms with Gasteiger partial charge in [0.2, 0.25) is 0 Å². The highest BCUT2D eigenvalue weighted by Gasteiger charge is 1.95. The zero-order valence-electron chi connectivity index (χ0n) is 9.77. The largest absolute Gasteiger partial charge is 0.491 e. The van der Waals surface area contributed by atoms with Crippen molar-refractivity contribution in [1.29, 1.82) is 0 Å². The van der Waals surface area contributed by atoms with E-state index in [0.717, 1.165) is 11.5 Å². The lowest BCUT2D eigenvalue weighted by molar-refractivity contribution is 0.201. The van der Waals surface area contributed by atoms with E-state index in [0.29, 0.717) is 13.2 Å². The molecular formula is C13H18O3. The Labute approximate surface area is 96.3 Å². The van der Waals surface area contributed by atoms with Gasteiger partial charge in [-0.1, -0.05) is 5.57 Å². The molecule has 0 amide bonds. The van der Waals surface area contributed by atoms with Crippen LogP contribution in [-0.2, 0) is 0 Å². The van der Waals surface area contributed by atoms with Gasteiger partial charge in [0.05, 0.1) is 6.61 Å². The van der Waals surface area contributed by atoms with Crippen molar-refractivity contribution in [2.75, 3.05) is 19.8 Å². The summed E-state index contributed by atoms with van der Waals surface area (Å²) in [6.45, 7) is 5.00. The minimum Gasteiger partial charge on any atom is -0.491 e. The van der Waals surface area contributed by atoms with Gasteiger partial charge in [-0.2, -0.15) is 0 Å². The lowest BCUT2D eigenvalue weighted by Gasteiger charge is -2.06. The number of aliphatic hydroxyl groups is 1. The highest BCUT2D eigenvalue weighted by atomic mass is 16.5. The van der Waals surface area contributed by atoms with Crippen LogP contribution >= 0.6 is 0 Å². The number of ether oxygens (including phenoxy) is 2. The lowest BCUT2D eigenvalue weighted by Crippen LogP contribution is -2.01. The Morgan fingerprint density at radius 2 is 1.69 bits per heavy atom. The number of hydrogen-bond acceptors (Lipinski definition) is 3. The number of allylic oxidation sites excluding steroid dienone is 1. The predicted octanol–water partition coefficient (Wildman–Crippen LogP) is 2.40. The fourth-order valence-electron chi connectivity index (χ4n) is 1.10. The summed E-state index contributed by atoms with van der Waals surface area (Å²) < 4.78 is 10.7. The third-order valence-electron chi connectivity index (χ3n) is 1.93. The van der Waals surface area contributed by atoms with Crippen LogP contribution in [0.4, 0.5) is 0 Å². The summed E-state index contributed by atoms with van der Waals surface area (Å²) in [6, 6.07) is 7.36. The third-order valence-corrected chi connectivity index (χ3v) is 1.93. The molecular weight excluding hydrogens is 204 g/mol. The highest BCUT2D eigenvalue weighted by Crippen LogP contribution is 2.17. The average Bonchev–Trinajstić information content (AvgIpc) is 2.27. The maximum atomic E-state index is 8.59. The molecule has 1 N–H and O–H groups in total. The Kier molecular flexibility index (Phi) is 5.43. The fourth-order valence-corrected chi connectivity index (χ4v) is 1.10. The molecule has 1 aromatic rings. The Morgan fingerprint density at radius 1 is 1.12 bits per heavy atom. The maximum Gasteiger partial charge on any atom is 0.120 e. The van der Waals surface area contributed by atoms with Gasteiger partial charge in [-0.3, -0.25) is 0 Å². The number of rotatable bonds is 6. The molecule has 0 unspecified atom stereocenters. The van der Waals surface area contributed by atoms with E-state index in [1.54, 1.807) is 0 Å². The molecule has 0 aromatic heterocycles. The summed E-state index contributed by atoms with van der Waals surface area (Å²) in [5.74, 6) is 1.55. The quantitative estimate of drug-likeness (QED) is 0.751. The smallest absolute Gasteiger partial charge is 0.120 e. The molecule has 0 fully saturated rings. The van der Waals surface area contributed by atoms with E-state index >= 15 is 0 Å². The number of hydrogen-bond donors (Lipinski definition) is 1. The molecule has 0 saturated heterocycles. The van der Waals surface area contributed by atoms with Crippen LogP contribution in [0.1, 0.15) is 13.8 Å². The Hall–Kier alpha value is -1.48. The van der Waals surface area contributed by atoms with Gasteiger partial charge in [-0.25, -0.2) is 0 Å². The van der Waals surface area contributed by atoms with Crippen molar-refractivity contribution in [3.8, 4) is 11.5 Å². The molecule has 0 bridgehead atoms. The van der Waals surface area contributed by atoms with E-state index in [2.05, 4.69) is 0 Å². The molecule has 1 rings (SSSR count). The molecule has 0 aliphatic rings. The molecule has 0 atom stereocenters. The minimum atomic E-state index is 0.0266. The molecule has 88 valence electrons. The predicted molar refractivity (Wildman–Crippen MR) is 63.9 cm³/mol. The summed E-state index contributed by atoms with van der Waals surface area (Å²) in [7, 11) is 0. The molecule has 3 heteroatoms. The molecule has 1 aromatic carbocycles. The topological polar surface area (TPSA) is 38.7 Å². The second-order valence-electron chi connectivity index (χ2n) is 3.64. The fraction of sp³-hybridized carbons (Fsp3) is 0.385. The van der Waals surface area contributed by atoms with Gasteiger partial charge in [-0.15, -0.1) is 0 Å². The van der Waals surface area contributed by atoms with E-state index in [1.165, 1.54) is 5.57 Å². The first kappa shape index (κ1) is 12.6. The minimum absolute atomic E-state index is 0.0266. The van der Waals surface area contributed by atoms with Gasteiger partial charge >= 0.3 is 0 Å². The molecule has 0 spiro atoms. The maximum absolute atomic E-state index is 8.59. The van der Waals surface area contributed by atoms with Crippen molar-refractivity contribution in [2.45, 2.75) is 13.8 Å². The standard InChI is InChI=1S/C13H18O3/c1-11(2)7-9-15-12-3-5-13(6-4-12)16-10-8-14/h3-7,14H,8-10H2,1-2H3. The van der Waals surface area contributed by atoms with Crippen LogP contribution in [0.5, 0.6) is 11.5 Å². The second kappa shape index (κ2) is 6.90. The van der Waals surface area contributed by atoms with E-state index in [9.17, 15) is 0 Å². The van der Waals surface area contributed by atoms with Crippen molar-refractivity contribution in [2.24, 2.45) is 0 Å². The molecule has 16 heavy (non-hydrogen) atoms. The van der Waals surface area contributed by atoms with Crippen molar-refractivity contribution in [3.05, 3.63) is 35.9 Å². The number of benzene rings is 1. The van der Waals surface area contributed by atoms with Crippen LogP contribution < -0.4 is 9.47 Å². The van der Waals surface area contributed by atoms with E-state index < -0.39 is 0 Å². The average molecular weight is 222 g/mol. The van der Waals surface area contributed by atoms with Crippen molar-refractivity contribution in [1.82, 2.24) is 0 Å². The third kappa shape index (κ3) is 4.84. The van der Waals surface area contributed by atoms with E-state index in [-0.39, 0.29) is 6.61 Å². The van der Waals surface area contributed by atoms with E-state index in [4.69, 9.17) is 14.6 Å².